The Bertz CT molecular complexity index is 774. The largest absolute Gasteiger partial charge is 0.467 e. The van der Waals surface area contributed by atoms with Crippen LogP contribution in [0.4, 0.5) is 0 Å². The van der Waals surface area contributed by atoms with Gasteiger partial charge in [0.05, 0.1) is 23.4 Å². The first-order valence-electron chi connectivity index (χ1n) is 9.51. The molecule has 2 aromatic heterocycles. The summed E-state index contributed by atoms with van der Waals surface area (Å²) in [7, 11) is 3.12. The van der Waals surface area contributed by atoms with Crippen molar-refractivity contribution in [2.24, 2.45) is 5.10 Å². The van der Waals surface area contributed by atoms with Gasteiger partial charge in [0.25, 0.3) is 5.91 Å². The summed E-state index contributed by atoms with van der Waals surface area (Å²) >= 11 is 1.60. The minimum atomic E-state index is -0.453. The van der Waals surface area contributed by atoms with Crippen molar-refractivity contribution in [2.45, 2.75) is 25.2 Å². The minimum Gasteiger partial charge on any atom is -0.467 e. The number of hydrogen-bond donors (Lipinski definition) is 1. The molecule has 0 fully saturated rings. The number of hydrogen-bond acceptors (Lipinski definition) is 8. The zero-order chi connectivity index (χ0) is 20.6. The maximum atomic E-state index is 13.2. The van der Waals surface area contributed by atoms with Crippen molar-refractivity contribution >= 4 is 23.0 Å². The van der Waals surface area contributed by atoms with E-state index in [1.165, 1.54) is 5.01 Å². The van der Waals surface area contributed by atoms with Gasteiger partial charge >= 0.3 is 0 Å². The molecule has 0 aromatic carbocycles. The quantitative estimate of drug-likeness (QED) is 0.560. The lowest BCUT2D eigenvalue weighted by Gasteiger charge is -2.28. The van der Waals surface area contributed by atoms with Crippen molar-refractivity contribution < 1.29 is 23.8 Å². The number of aliphatic hydroxyl groups excluding tert-OH is 1. The van der Waals surface area contributed by atoms with Gasteiger partial charge in [0.2, 0.25) is 0 Å². The fraction of sp³-hybridized carbons (Fsp3) is 0.500. The molecule has 0 saturated heterocycles. The summed E-state index contributed by atoms with van der Waals surface area (Å²) in [6.45, 7) is 1.15. The van der Waals surface area contributed by atoms with Crippen LogP contribution in [0.2, 0.25) is 0 Å². The first-order valence-corrected chi connectivity index (χ1v) is 10.4. The molecule has 0 aliphatic carbocycles. The zero-order valence-corrected chi connectivity index (χ0v) is 17.5. The van der Waals surface area contributed by atoms with Crippen molar-refractivity contribution in [1.29, 1.82) is 0 Å². The third-order valence-corrected chi connectivity index (χ3v) is 5.69. The van der Waals surface area contributed by atoms with E-state index in [0.717, 1.165) is 10.6 Å². The lowest BCUT2D eigenvalue weighted by molar-refractivity contribution is -0.139. The summed E-state index contributed by atoms with van der Waals surface area (Å²) in [5.41, 5.74) is 0.878. The summed E-state index contributed by atoms with van der Waals surface area (Å²) in [5, 5.41) is 17.4. The Morgan fingerprint density at radius 2 is 2.24 bits per heavy atom. The van der Waals surface area contributed by atoms with Crippen molar-refractivity contribution in [3.63, 3.8) is 0 Å². The van der Waals surface area contributed by atoms with Gasteiger partial charge in [-0.05, 0) is 30.0 Å². The highest BCUT2D eigenvalue weighted by atomic mass is 32.1. The average molecular weight is 422 g/mol. The summed E-state index contributed by atoms with van der Waals surface area (Å²) < 4.78 is 16.1. The molecule has 0 bridgehead atoms. The standard InChI is InChI=1S/C20H27N3O5S/c1-26-20(27-2)14-22(8-5-9-24)13-19(25)23-16(17-6-3-10-28-17)12-15(21-23)18-7-4-11-29-18/h3-4,6-7,10-11,16,20,24H,5,8-9,12-14H2,1-2H3/t16-/m1/s1. The van der Waals surface area contributed by atoms with E-state index in [-0.39, 0.29) is 25.1 Å². The van der Waals surface area contributed by atoms with Crippen LogP contribution in [0.3, 0.4) is 0 Å². The Balaban J connectivity index is 1.76. The second-order valence-electron chi connectivity index (χ2n) is 6.71. The van der Waals surface area contributed by atoms with E-state index >= 15 is 0 Å². The molecule has 1 amide bonds. The predicted octanol–water partition coefficient (Wildman–Crippen LogP) is 2.32. The molecular formula is C20H27N3O5S. The second kappa shape index (κ2) is 10.7. The Morgan fingerprint density at radius 1 is 1.41 bits per heavy atom. The van der Waals surface area contributed by atoms with Gasteiger partial charge in [-0.2, -0.15) is 5.10 Å². The monoisotopic (exact) mass is 421 g/mol. The van der Waals surface area contributed by atoms with Gasteiger partial charge < -0.3 is 19.0 Å². The van der Waals surface area contributed by atoms with Crippen LogP contribution in [0, 0.1) is 0 Å². The van der Waals surface area contributed by atoms with Gasteiger partial charge in [0, 0.05) is 40.3 Å². The number of rotatable bonds is 11. The number of nitrogens with zero attached hydrogens (tertiary/aromatic N) is 3. The highest BCUT2D eigenvalue weighted by Crippen LogP contribution is 2.34. The second-order valence-corrected chi connectivity index (χ2v) is 7.66. The highest BCUT2D eigenvalue weighted by Gasteiger charge is 2.35. The Kier molecular flexibility index (Phi) is 7.96. The van der Waals surface area contributed by atoms with Crippen LogP contribution in [0.25, 0.3) is 0 Å². The summed E-state index contributed by atoms with van der Waals surface area (Å²) in [6.07, 6.45) is 2.32. The van der Waals surface area contributed by atoms with Crippen LogP contribution < -0.4 is 0 Å². The van der Waals surface area contributed by atoms with E-state index in [1.807, 2.05) is 34.5 Å². The van der Waals surface area contributed by atoms with E-state index in [2.05, 4.69) is 5.10 Å². The fourth-order valence-electron chi connectivity index (χ4n) is 3.28. The van der Waals surface area contributed by atoms with Crippen molar-refractivity contribution in [2.75, 3.05) is 40.5 Å². The Hall–Kier alpha value is -2.04. The van der Waals surface area contributed by atoms with Gasteiger partial charge in [-0.1, -0.05) is 6.07 Å². The number of thiophene rings is 1. The molecule has 1 aliphatic rings. The van der Waals surface area contributed by atoms with E-state index in [0.29, 0.717) is 31.7 Å². The molecule has 9 heteroatoms. The molecular weight excluding hydrogens is 394 g/mol. The number of amides is 1. The Morgan fingerprint density at radius 3 is 2.86 bits per heavy atom. The van der Waals surface area contributed by atoms with Crippen LogP contribution in [0.5, 0.6) is 0 Å². The zero-order valence-electron chi connectivity index (χ0n) is 16.7. The molecule has 3 rings (SSSR count). The van der Waals surface area contributed by atoms with Gasteiger partial charge in [-0.3, -0.25) is 9.69 Å². The smallest absolute Gasteiger partial charge is 0.257 e. The number of aliphatic hydroxyl groups is 1. The normalized spacial score (nSPS) is 16.8. The highest BCUT2D eigenvalue weighted by molar-refractivity contribution is 7.12. The van der Waals surface area contributed by atoms with Crippen molar-refractivity contribution in [1.82, 2.24) is 9.91 Å². The summed E-state index contributed by atoms with van der Waals surface area (Å²) in [5.74, 6) is 0.573. The van der Waals surface area contributed by atoms with Crippen molar-refractivity contribution in [3.8, 4) is 0 Å². The molecule has 1 atom stereocenters. The summed E-state index contributed by atoms with van der Waals surface area (Å²) in [4.78, 5) is 16.2. The minimum absolute atomic E-state index is 0.0503. The molecule has 1 aliphatic heterocycles. The SMILES string of the molecule is COC(CN(CCCO)CC(=O)N1N=C(c2cccs2)C[C@@H]1c1ccco1)OC. The fourth-order valence-corrected chi connectivity index (χ4v) is 4.00. The number of methoxy groups -OCH3 is 2. The van der Waals surface area contributed by atoms with Crippen LogP contribution in [-0.2, 0) is 14.3 Å². The molecule has 0 unspecified atom stereocenters. The molecule has 0 radical (unpaired) electrons. The first-order chi connectivity index (χ1) is 14.2. The van der Waals surface area contributed by atoms with Gasteiger partial charge in [0.15, 0.2) is 6.29 Å². The molecule has 0 saturated carbocycles. The maximum absolute atomic E-state index is 13.2. The van der Waals surface area contributed by atoms with Crippen LogP contribution in [-0.4, -0.2) is 73.4 Å². The molecule has 29 heavy (non-hydrogen) atoms. The van der Waals surface area contributed by atoms with Crippen LogP contribution >= 0.6 is 11.3 Å². The Labute approximate surface area is 174 Å². The summed E-state index contributed by atoms with van der Waals surface area (Å²) in [6, 6.07) is 7.39. The number of furan rings is 1. The van der Waals surface area contributed by atoms with Crippen LogP contribution in [0.15, 0.2) is 45.4 Å². The first kappa shape index (κ1) is 21.7. The third kappa shape index (κ3) is 5.52. The molecule has 158 valence electrons. The lowest BCUT2D eigenvalue weighted by atomic mass is 10.1. The average Bonchev–Trinajstić information content (AvgIpc) is 3.49. The van der Waals surface area contributed by atoms with Crippen molar-refractivity contribution in [3.05, 3.63) is 46.5 Å². The molecule has 1 N–H and O–H groups in total. The third-order valence-electron chi connectivity index (χ3n) is 4.77. The molecule has 8 nitrogen and oxygen atoms in total. The molecule has 0 spiro atoms. The molecule has 3 heterocycles. The predicted molar refractivity (Wildman–Crippen MR) is 110 cm³/mol. The number of carbonyl (C=O) groups is 1. The van der Waals surface area contributed by atoms with E-state index < -0.39 is 6.29 Å². The molecule has 2 aromatic rings. The lowest BCUT2D eigenvalue weighted by Crippen LogP contribution is -2.42. The van der Waals surface area contributed by atoms with Crippen LogP contribution in [0.1, 0.15) is 29.5 Å². The topological polar surface area (TPSA) is 87.7 Å². The van der Waals surface area contributed by atoms with E-state index in [9.17, 15) is 9.90 Å². The van der Waals surface area contributed by atoms with Gasteiger partial charge in [0.1, 0.15) is 11.8 Å². The van der Waals surface area contributed by atoms with E-state index in [1.54, 1.807) is 31.8 Å². The maximum Gasteiger partial charge on any atom is 0.257 e. The van der Waals surface area contributed by atoms with E-state index in [4.69, 9.17) is 13.9 Å². The van der Waals surface area contributed by atoms with Gasteiger partial charge in [-0.25, -0.2) is 5.01 Å². The number of carbonyl (C=O) groups excluding carboxylic acids is 1. The van der Waals surface area contributed by atoms with Gasteiger partial charge in [-0.15, -0.1) is 11.3 Å². The number of ether oxygens (including phenoxy) is 2. The number of hydrazone groups is 1.